The van der Waals surface area contributed by atoms with Crippen LogP contribution in [0.3, 0.4) is 0 Å². The molecule has 0 spiro atoms. The van der Waals surface area contributed by atoms with E-state index in [2.05, 4.69) is 53.1 Å². The van der Waals surface area contributed by atoms with Crippen molar-refractivity contribution in [3.05, 3.63) is 48.5 Å². The summed E-state index contributed by atoms with van der Waals surface area (Å²) in [5, 5.41) is 2.75. The van der Waals surface area contributed by atoms with Crippen LogP contribution in [0.5, 0.6) is 0 Å². The highest BCUT2D eigenvalue weighted by Crippen LogP contribution is 2.28. The van der Waals surface area contributed by atoms with Crippen molar-refractivity contribution in [2.75, 3.05) is 32.8 Å². The van der Waals surface area contributed by atoms with Gasteiger partial charge >= 0.3 is 0 Å². The lowest BCUT2D eigenvalue weighted by Crippen LogP contribution is -3.14. The molecule has 4 rings (SSSR count). The molecule has 0 saturated carbocycles. The molecule has 1 N–H and O–H groups in total. The van der Waals surface area contributed by atoms with Gasteiger partial charge in [0.25, 0.3) is 0 Å². The molecule has 0 unspecified atom stereocenters. The fourth-order valence-corrected chi connectivity index (χ4v) is 3.80. The van der Waals surface area contributed by atoms with E-state index in [1.165, 1.54) is 54.3 Å². The molecule has 0 atom stereocenters. The lowest BCUT2D eigenvalue weighted by Gasteiger charge is -2.23. The van der Waals surface area contributed by atoms with E-state index in [4.69, 9.17) is 4.74 Å². The quantitative estimate of drug-likeness (QED) is 0.717. The van der Waals surface area contributed by atoms with Gasteiger partial charge in [0, 0.05) is 28.4 Å². The summed E-state index contributed by atoms with van der Waals surface area (Å²) < 4.78 is 7.94. The van der Waals surface area contributed by atoms with Crippen LogP contribution in [0.1, 0.15) is 12.8 Å². The largest absolute Gasteiger partial charge is 0.370 e. The van der Waals surface area contributed by atoms with E-state index in [0.29, 0.717) is 0 Å². The minimum absolute atomic E-state index is 0.933. The Hall–Kier alpha value is -1.84. The summed E-state index contributed by atoms with van der Waals surface area (Å²) in [4.78, 5) is 1.71. The number of hydrogen-bond acceptors (Lipinski definition) is 1. The van der Waals surface area contributed by atoms with Crippen molar-refractivity contribution in [3.8, 4) is 0 Å². The Morgan fingerprint density at radius 1 is 0.826 bits per heavy atom. The van der Waals surface area contributed by atoms with Crippen molar-refractivity contribution in [2.45, 2.75) is 19.4 Å². The third kappa shape index (κ3) is 2.99. The van der Waals surface area contributed by atoms with Crippen LogP contribution in [0, 0.1) is 0 Å². The normalized spacial score (nSPS) is 16.3. The summed E-state index contributed by atoms with van der Waals surface area (Å²) in [5.41, 5.74) is 2.74. The molecule has 1 fully saturated rings. The number of ether oxygens (including phenoxy) is 1. The molecule has 1 aliphatic heterocycles. The summed E-state index contributed by atoms with van der Waals surface area (Å²) in [6.45, 7) is 6.60. The second-order valence-electron chi connectivity index (χ2n) is 6.51. The fourth-order valence-electron chi connectivity index (χ4n) is 3.80. The SMILES string of the molecule is c1ccc2c(c1)c1ccccc1n2CCCC[NH+]1CCOCC1. The van der Waals surface area contributed by atoms with Gasteiger partial charge in [-0.1, -0.05) is 36.4 Å². The number of nitrogens with zero attached hydrogens (tertiary/aromatic N) is 1. The number of rotatable bonds is 5. The molecule has 0 radical (unpaired) electrons. The van der Waals surface area contributed by atoms with Crippen molar-refractivity contribution in [3.63, 3.8) is 0 Å². The third-order valence-electron chi connectivity index (χ3n) is 5.04. The number of nitrogens with one attached hydrogen (secondary N) is 1. The molecule has 3 heteroatoms. The lowest BCUT2D eigenvalue weighted by molar-refractivity contribution is -0.908. The highest BCUT2D eigenvalue weighted by Gasteiger charge is 2.13. The third-order valence-corrected chi connectivity index (χ3v) is 5.04. The zero-order chi connectivity index (χ0) is 15.5. The molecule has 2 heterocycles. The van der Waals surface area contributed by atoms with Crippen molar-refractivity contribution in [1.29, 1.82) is 0 Å². The first kappa shape index (κ1) is 14.7. The van der Waals surface area contributed by atoms with Gasteiger partial charge in [0.05, 0.1) is 19.8 Å². The summed E-state index contributed by atoms with van der Waals surface area (Å²) in [7, 11) is 0. The first-order valence-electron chi connectivity index (χ1n) is 8.81. The first-order valence-corrected chi connectivity index (χ1v) is 8.81. The number of fused-ring (bicyclic) bond motifs is 3. The van der Waals surface area contributed by atoms with Crippen LogP contribution in [0.25, 0.3) is 21.8 Å². The number of aromatic nitrogens is 1. The van der Waals surface area contributed by atoms with Crippen LogP contribution >= 0.6 is 0 Å². The van der Waals surface area contributed by atoms with Gasteiger partial charge in [-0.05, 0) is 25.0 Å². The molecule has 23 heavy (non-hydrogen) atoms. The average molecular weight is 309 g/mol. The minimum Gasteiger partial charge on any atom is -0.370 e. The number of morpholine rings is 1. The number of quaternary nitrogens is 1. The van der Waals surface area contributed by atoms with Gasteiger partial charge in [0.15, 0.2) is 0 Å². The van der Waals surface area contributed by atoms with Crippen LogP contribution in [0.2, 0.25) is 0 Å². The molecule has 1 aromatic heterocycles. The van der Waals surface area contributed by atoms with Crippen molar-refractivity contribution >= 4 is 21.8 Å². The van der Waals surface area contributed by atoms with E-state index in [9.17, 15) is 0 Å². The van der Waals surface area contributed by atoms with Crippen LogP contribution in [0.15, 0.2) is 48.5 Å². The number of unbranched alkanes of at least 4 members (excludes halogenated alkanes) is 1. The van der Waals surface area contributed by atoms with Crippen molar-refractivity contribution < 1.29 is 9.64 Å². The number of para-hydroxylation sites is 2. The minimum atomic E-state index is 0.933. The topological polar surface area (TPSA) is 18.6 Å². The predicted molar refractivity (Wildman–Crippen MR) is 95.1 cm³/mol. The maximum Gasteiger partial charge on any atom is 0.101 e. The first-order chi connectivity index (χ1) is 11.4. The Balaban J connectivity index is 1.49. The molecular weight excluding hydrogens is 284 g/mol. The molecule has 1 saturated heterocycles. The van der Waals surface area contributed by atoms with Gasteiger partial charge < -0.3 is 14.2 Å². The molecule has 1 aliphatic rings. The number of aryl methyl sites for hydroxylation is 1. The Morgan fingerprint density at radius 2 is 1.43 bits per heavy atom. The maximum atomic E-state index is 5.44. The summed E-state index contributed by atoms with van der Waals surface area (Å²) in [6, 6.07) is 17.6. The zero-order valence-electron chi connectivity index (χ0n) is 13.6. The smallest absolute Gasteiger partial charge is 0.101 e. The van der Waals surface area contributed by atoms with E-state index >= 15 is 0 Å². The molecule has 0 aliphatic carbocycles. The summed E-state index contributed by atoms with van der Waals surface area (Å²) in [5.74, 6) is 0. The van der Waals surface area contributed by atoms with Gasteiger partial charge in [-0.2, -0.15) is 0 Å². The monoisotopic (exact) mass is 309 g/mol. The van der Waals surface area contributed by atoms with Crippen LogP contribution in [-0.4, -0.2) is 37.4 Å². The lowest BCUT2D eigenvalue weighted by atomic mass is 10.2. The Bertz CT molecular complexity index is 733. The van der Waals surface area contributed by atoms with Gasteiger partial charge in [0.1, 0.15) is 13.1 Å². The second-order valence-corrected chi connectivity index (χ2v) is 6.51. The van der Waals surface area contributed by atoms with Gasteiger partial charge in [-0.3, -0.25) is 0 Å². The van der Waals surface area contributed by atoms with Gasteiger partial charge in [0.2, 0.25) is 0 Å². The van der Waals surface area contributed by atoms with Gasteiger partial charge in [-0.15, -0.1) is 0 Å². The van der Waals surface area contributed by atoms with Crippen molar-refractivity contribution in [1.82, 2.24) is 4.57 Å². The van der Waals surface area contributed by atoms with Crippen LogP contribution in [0.4, 0.5) is 0 Å². The summed E-state index contributed by atoms with van der Waals surface area (Å²) in [6.07, 6.45) is 2.53. The molecule has 3 nitrogen and oxygen atoms in total. The van der Waals surface area contributed by atoms with Crippen LogP contribution in [-0.2, 0) is 11.3 Å². The molecule has 120 valence electrons. The van der Waals surface area contributed by atoms with E-state index in [-0.39, 0.29) is 0 Å². The van der Waals surface area contributed by atoms with E-state index in [0.717, 1.165) is 19.8 Å². The Morgan fingerprint density at radius 3 is 2.09 bits per heavy atom. The molecule has 0 bridgehead atoms. The second kappa shape index (κ2) is 6.73. The number of benzene rings is 2. The van der Waals surface area contributed by atoms with Crippen LogP contribution < -0.4 is 4.90 Å². The Kier molecular flexibility index (Phi) is 4.31. The van der Waals surface area contributed by atoms with E-state index in [1.54, 1.807) is 4.90 Å². The Labute approximate surface area is 137 Å². The zero-order valence-corrected chi connectivity index (χ0v) is 13.6. The highest BCUT2D eigenvalue weighted by atomic mass is 16.5. The van der Waals surface area contributed by atoms with E-state index < -0.39 is 0 Å². The predicted octanol–water partition coefficient (Wildman–Crippen LogP) is 2.49. The van der Waals surface area contributed by atoms with E-state index in [1.807, 2.05) is 0 Å². The number of hydrogen-bond donors (Lipinski definition) is 1. The van der Waals surface area contributed by atoms with Crippen molar-refractivity contribution in [2.24, 2.45) is 0 Å². The molecule has 0 amide bonds. The standard InChI is InChI=1S/C20H24N2O/c1-3-9-19-17(7-1)18-8-2-4-10-20(18)22(19)12-6-5-11-21-13-15-23-16-14-21/h1-4,7-10H,5-6,11-16H2/p+1. The highest BCUT2D eigenvalue weighted by molar-refractivity contribution is 6.07. The summed E-state index contributed by atoms with van der Waals surface area (Å²) >= 11 is 0. The molecular formula is C20H25N2O+. The fraction of sp³-hybridized carbons (Fsp3) is 0.400. The average Bonchev–Trinajstić information content (AvgIpc) is 2.94. The van der Waals surface area contributed by atoms with Gasteiger partial charge in [-0.25, -0.2) is 0 Å². The molecule has 3 aromatic rings. The molecule has 2 aromatic carbocycles. The maximum absolute atomic E-state index is 5.44.